The zero-order valence-corrected chi connectivity index (χ0v) is 9.18. The highest BCUT2D eigenvalue weighted by atomic mass is 32.2. The largest absolute Gasteiger partial charge is 0.350 e. The van der Waals surface area contributed by atoms with Crippen LogP contribution in [0.5, 0.6) is 0 Å². The van der Waals surface area contributed by atoms with Crippen molar-refractivity contribution >= 4 is 10.0 Å². The second-order valence-electron chi connectivity index (χ2n) is 3.10. The number of rotatable bonds is 5. The lowest BCUT2D eigenvalue weighted by Gasteiger charge is -2.09. The molecule has 0 radical (unpaired) electrons. The number of nitrogens with one attached hydrogen (secondary N) is 1. The van der Waals surface area contributed by atoms with Crippen LogP contribution in [-0.4, -0.2) is 14.2 Å². The van der Waals surface area contributed by atoms with Gasteiger partial charge in [-0.05, 0) is 11.1 Å². The Balaban J connectivity index is 2.75. The van der Waals surface area contributed by atoms with Crippen LogP contribution in [0.3, 0.4) is 0 Å². The molecule has 0 aliphatic heterocycles. The summed E-state index contributed by atoms with van der Waals surface area (Å²) in [6, 6.07) is 6.78. The van der Waals surface area contributed by atoms with Gasteiger partial charge in [-0.25, -0.2) is 13.1 Å². The lowest BCUT2D eigenvalue weighted by molar-refractivity contribution is 0.232. The maximum Gasteiger partial charge on any atom is 0.350 e. The molecule has 1 aromatic carbocycles. The standard InChI is InChI=1S/C9H12F2N2O2S/c10-9(11)16(14,15)13-6-8-4-2-1-3-7(8)5-12/h1-4,9,13H,5-6,12H2. The molecule has 0 aliphatic carbocycles. The second-order valence-corrected chi connectivity index (χ2v) is 4.83. The van der Waals surface area contributed by atoms with Gasteiger partial charge in [0.25, 0.3) is 10.0 Å². The van der Waals surface area contributed by atoms with Gasteiger partial charge in [0.15, 0.2) is 0 Å². The van der Waals surface area contributed by atoms with Gasteiger partial charge >= 0.3 is 5.76 Å². The Kier molecular flexibility index (Phi) is 4.34. The Hall–Kier alpha value is -1.05. The van der Waals surface area contributed by atoms with E-state index >= 15 is 0 Å². The molecule has 0 saturated heterocycles. The SMILES string of the molecule is NCc1ccccc1CNS(=O)(=O)C(F)F. The molecule has 0 saturated carbocycles. The summed E-state index contributed by atoms with van der Waals surface area (Å²) in [6.45, 7) is 0.0482. The summed E-state index contributed by atoms with van der Waals surface area (Å²) in [5.74, 6) is -3.42. The first kappa shape index (κ1) is 13.0. The van der Waals surface area contributed by atoms with Crippen LogP contribution >= 0.6 is 0 Å². The minimum Gasteiger partial charge on any atom is -0.326 e. The molecule has 0 unspecified atom stereocenters. The lowest BCUT2D eigenvalue weighted by atomic mass is 10.1. The van der Waals surface area contributed by atoms with E-state index < -0.39 is 15.8 Å². The quantitative estimate of drug-likeness (QED) is 0.811. The molecule has 3 N–H and O–H groups in total. The summed E-state index contributed by atoms with van der Waals surface area (Å²) in [4.78, 5) is 0. The lowest BCUT2D eigenvalue weighted by Crippen LogP contribution is -2.29. The van der Waals surface area contributed by atoms with Gasteiger partial charge in [-0.3, -0.25) is 0 Å². The van der Waals surface area contributed by atoms with Gasteiger partial charge in [0, 0.05) is 13.1 Å². The number of hydrogen-bond acceptors (Lipinski definition) is 3. The average molecular weight is 250 g/mol. The minimum atomic E-state index is -4.55. The second kappa shape index (κ2) is 5.33. The van der Waals surface area contributed by atoms with E-state index in [4.69, 9.17) is 5.73 Å². The van der Waals surface area contributed by atoms with Crippen molar-refractivity contribution in [3.8, 4) is 0 Å². The molecule has 0 aromatic heterocycles. The van der Waals surface area contributed by atoms with Crippen LogP contribution in [0.15, 0.2) is 24.3 Å². The summed E-state index contributed by atoms with van der Waals surface area (Å²) in [7, 11) is -4.55. The third-order valence-corrected chi connectivity index (χ3v) is 3.05. The van der Waals surface area contributed by atoms with E-state index in [0.29, 0.717) is 5.56 Å². The van der Waals surface area contributed by atoms with Crippen molar-refractivity contribution in [3.05, 3.63) is 35.4 Å². The monoisotopic (exact) mass is 250 g/mol. The van der Waals surface area contributed by atoms with Crippen LogP contribution in [0.4, 0.5) is 8.78 Å². The Labute approximate surface area is 92.5 Å². The van der Waals surface area contributed by atoms with E-state index in [1.807, 2.05) is 4.72 Å². The van der Waals surface area contributed by atoms with Crippen LogP contribution in [0, 0.1) is 0 Å². The van der Waals surface area contributed by atoms with E-state index in [2.05, 4.69) is 0 Å². The number of hydrogen-bond donors (Lipinski definition) is 2. The maximum absolute atomic E-state index is 12.0. The van der Waals surface area contributed by atoms with Crippen molar-refractivity contribution in [3.63, 3.8) is 0 Å². The molecule has 0 aliphatic rings. The Morgan fingerprint density at radius 1 is 1.25 bits per heavy atom. The third kappa shape index (κ3) is 3.22. The number of nitrogens with two attached hydrogens (primary N) is 1. The van der Waals surface area contributed by atoms with Crippen LogP contribution < -0.4 is 10.5 Å². The van der Waals surface area contributed by atoms with Crippen molar-refractivity contribution in [1.82, 2.24) is 4.72 Å². The molecule has 7 heteroatoms. The van der Waals surface area contributed by atoms with Gasteiger partial charge < -0.3 is 5.73 Å². The average Bonchev–Trinajstić information content (AvgIpc) is 2.26. The first-order valence-corrected chi connectivity index (χ1v) is 6.05. The first-order chi connectivity index (χ1) is 7.47. The molecule has 0 amide bonds. The van der Waals surface area contributed by atoms with Crippen molar-refractivity contribution in [2.75, 3.05) is 0 Å². The molecule has 0 bridgehead atoms. The predicted molar refractivity (Wildman–Crippen MR) is 56.1 cm³/mol. The van der Waals surface area contributed by atoms with Crippen LogP contribution in [0.25, 0.3) is 0 Å². The molecule has 1 aromatic rings. The molecule has 1 rings (SSSR count). The molecule has 0 fully saturated rings. The van der Waals surface area contributed by atoms with Crippen LogP contribution in [0.2, 0.25) is 0 Å². The van der Waals surface area contributed by atoms with E-state index in [-0.39, 0.29) is 13.1 Å². The van der Waals surface area contributed by atoms with Gasteiger partial charge in [-0.15, -0.1) is 0 Å². The predicted octanol–water partition coefficient (Wildman–Crippen LogP) is 0.787. The van der Waals surface area contributed by atoms with Gasteiger partial charge in [-0.2, -0.15) is 8.78 Å². The summed E-state index contributed by atoms with van der Waals surface area (Å²) in [5.41, 5.74) is 6.74. The Bertz CT molecular complexity index is 449. The third-order valence-electron chi connectivity index (χ3n) is 2.04. The van der Waals surface area contributed by atoms with E-state index in [1.54, 1.807) is 24.3 Å². The van der Waals surface area contributed by atoms with E-state index in [0.717, 1.165) is 5.56 Å². The van der Waals surface area contributed by atoms with Crippen molar-refractivity contribution in [1.29, 1.82) is 0 Å². The first-order valence-electron chi connectivity index (χ1n) is 4.51. The van der Waals surface area contributed by atoms with Crippen molar-refractivity contribution in [2.45, 2.75) is 18.8 Å². The molecule has 0 heterocycles. The van der Waals surface area contributed by atoms with E-state index in [1.165, 1.54) is 0 Å². The summed E-state index contributed by atoms with van der Waals surface area (Å²) >= 11 is 0. The van der Waals surface area contributed by atoms with Crippen LogP contribution in [0.1, 0.15) is 11.1 Å². The highest BCUT2D eigenvalue weighted by Crippen LogP contribution is 2.09. The summed E-state index contributed by atoms with van der Waals surface area (Å²) in [5, 5.41) is 0. The summed E-state index contributed by atoms with van der Waals surface area (Å²) in [6.07, 6.45) is 0. The zero-order chi connectivity index (χ0) is 12.2. The molecule has 0 spiro atoms. The molecule has 16 heavy (non-hydrogen) atoms. The Morgan fingerprint density at radius 2 is 1.81 bits per heavy atom. The van der Waals surface area contributed by atoms with E-state index in [9.17, 15) is 17.2 Å². The van der Waals surface area contributed by atoms with Gasteiger partial charge in [0.1, 0.15) is 0 Å². The number of sulfonamides is 1. The van der Waals surface area contributed by atoms with Gasteiger partial charge in [0.05, 0.1) is 0 Å². The fraction of sp³-hybridized carbons (Fsp3) is 0.333. The molecule has 0 atom stereocenters. The zero-order valence-electron chi connectivity index (χ0n) is 8.36. The molecule has 4 nitrogen and oxygen atoms in total. The molecule has 90 valence electrons. The summed E-state index contributed by atoms with van der Waals surface area (Å²) < 4.78 is 47.5. The number of benzene rings is 1. The Morgan fingerprint density at radius 3 is 2.31 bits per heavy atom. The van der Waals surface area contributed by atoms with Crippen LogP contribution in [-0.2, 0) is 23.1 Å². The smallest absolute Gasteiger partial charge is 0.326 e. The van der Waals surface area contributed by atoms with Gasteiger partial charge in [0.2, 0.25) is 0 Å². The molecular formula is C9H12F2N2O2S. The fourth-order valence-electron chi connectivity index (χ4n) is 1.17. The van der Waals surface area contributed by atoms with Crippen molar-refractivity contribution in [2.24, 2.45) is 5.73 Å². The normalized spacial score (nSPS) is 12.0. The highest BCUT2D eigenvalue weighted by molar-refractivity contribution is 7.89. The minimum absolute atomic E-state index is 0.181. The fourth-order valence-corrected chi connectivity index (χ4v) is 1.65. The molecular weight excluding hydrogens is 238 g/mol. The highest BCUT2D eigenvalue weighted by Gasteiger charge is 2.23. The maximum atomic E-state index is 12.0. The van der Waals surface area contributed by atoms with Gasteiger partial charge in [-0.1, -0.05) is 24.3 Å². The topological polar surface area (TPSA) is 72.2 Å². The number of halogens is 2. The van der Waals surface area contributed by atoms with Crippen molar-refractivity contribution < 1.29 is 17.2 Å². The number of alkyl halides is 2.